The van der Waals surface area contributed by atoms with Crippen molar-refractivity contribution in [3.8, 4) is 0 Å². The third kappa shape index (κ3) is 4.73. The van der Waals surface area contributed by atoms with E-state index in [1.807, 2.05) is 20.9 Å². The molecule has 1 rings (SSSR count). The van der Waals surface area contributed by atoms with Crippen molar-refractivity contribution in [2.75, 3.05) is 30.8 Å². The van der Waals surface area contributed by atoms with Crippen LogP contribution in [0.1, 0.15) is 25.2 Å². The second-order valence-corrected chi connectivity index (χ2v) is 4.89. The normalized spacial score (nSPS) is 10.4. The molecule has 19 heavy (non-hydrogen) atoms. The van der Waals surface area contributed by atoms with Gasteiger partial charge in [-0.2, -0.15) is 0 Å². The van der Waals surface area contributed by atoms with Gasteiger partial charge in [-0.3, -0.25) is 4.79 Å². The third-order valence-electron chi connectivity index (χ3n) is 2.62. The molecule has 1 aromatic heterocycles. The van der Waals surface area contributed by atoms with Gasteiger partial charge in [0.1, 0.15) is 17.5 Å². The van der Waals surface area contributed by atoms with Gasteiger partial charge < -0.3 is 16.0 Å². The number of carbonyl (C=O) groups excluding carboxylic acids is 1. The molecule has 106 valence electrons. The monoisotopic (exact) mass is 265 g/mol. The van der Waals surface area contributed by atoms with Crippen LogP contribution in [0.4, 0.5) is 11.6 Å². The van der Waals surface area contributed by atoms with Gasteiger partial charge in [-0.05, 0) is 19.8 Å². The van der Waals surface area contributed by atoms with E-state index in [9.17, 15) is 4.79 Å². The van der Waals surface area contributed by atoms with Crippen LogP contribution in [0.3, 0.4) is 0 Å². The van der Waals surface area contributed by atoms with Crippen LogP contribution < -0.4 is 16.0 Å². The SMILES string of the molecule is CNc1nc(C)nc(NCC(=O)NCC(C)C)c1C. The number of hydrogen-bond donors (Lipinski definition) is 3. The Morgan fingerprint density at radius 3 is 2.42 bits per heavy atom. The maximum atomic E-state index is 11.6. The first-order chi connectivity index (χ1) is 8.93. The van der Waals surface area contributed by atoms with Crippen LogP contribution in [0.25, 0.3) is 0 Å². The third-order valence-corrected chi connectivity index (χ3v) is 2.62. The lowest BCUT2D eigenvalue weighted by Gasteiger charge is -2.13. The van der Waals surface area contributed by atoms with E-state index in [4.69, 9.17) is 0 Å². The summed E-state index contributed by atoms with van der Waals surface area (Å²) in [5.41, 5.74) is 0.907. The number of carbonyl (C=O) groups is 1. The Balaban J connectivity index is 2.62. The summed E-state index contributed by atoms with van der Waals surface area (Å²) in [6.07, 6.45) is 0. The molecular formula is C13H23N5O. The van der Waals surface area contributed by atoms with Gasteiger partial charge in [0, 0.05) is 19.2 Å². The number of nitrogens with one attached hydrogen (secondary N) is 3. The highest BCUT2D eigenvalue weighted by Crippen LogP contribution is 2.18. The molecular weight excluding hydrogens is 242 g/mol. The fourth-order valence-corrected chi connectivity index (χ4v) is 1.59. The van der Waals surface area contributed by atoms with Crippen molar-refractivity contribution in [2.45, 2.75) is 27.7 Å². The quantitative estimate of drug-likeness (QED) is 0.723. The standard InChI is InChI=1S/C13H23N5O/c1-8(2)6-15-11(19)7-16-13-9(3)12(14-5)17-10(4)18-13/h8H,6-7H2,1-5H3,(H,15,19)(H2,14,16,17,18). The maximum Gasteiger partial charge on any atom is 0.239 e. The molecule has 0 saturated heterocycles. The van der Waals surface area contributed by atoms with Crippen LogP contribution in [0.15, 0.2) is 0 Å². The minimum absolute atomic E-state index is 0.0321. The Bertz CT molecular complexity index is 445. The summed E-state index contributed by atoms with van der Waals surface area (Å²) >= 11 is 0. The molecule has 0 radical (unpaired) electrons. The van der Waals surface area contributed by atoms with Gasteiger partial charge in [-0.25, -0.2) is 9.97 Å². The molecule has 0 aliphatic heterocycles. The number of nitrogens with zero attached hydrogens (tertiary/aromatic N) is 2. The fraction of sp³-hybridized carbons (Fsp3) is 0.615. The summed E-state index contributed by atoms with van der Waals surface area (Å²) in [7, 11) is 1.81. The molecule has 1 heterocycles. The molecule has 0 unspecified atom stereocenters. The van der Waals surface area contributed by atoms with Crippen LogP contribution in [0.2, 0.25) is 0 Å². The lowest BCUT2D eigenvalue weighted by Crippen LogP contribution is -2.32. The first-order valence-electron chi connectivity index (χ1n) is 6.47. The molecule has 6 nitrogen and oxygen atoms in total. The molecule has 6 heteroatoms. The highest BCUT2D eigenvalue weighted by Gasteiger charge is 2.09. The van der Waals surface area contributed by atoms with E-state index >= 15 is 0 Å². The van der Waals surface area contributed by atoms with Crippen molar-refractivity contribution in [3.63, 3.8) is 0 Å². The van der Waals surface area contributed by atoms with Crippen molar-refractivity contribution >= 4 is 17.5 Å². The Labute approximate surface area is 114 Å². The Kier molecular flexibility index (Phi) is 5.54. The maximum absolute atomic E-state index is 11.6. The Morgan fingerprint density at radius 1 is 1.21 bits per heavy atom. The molecule has 1 amide bonds. The van der Waals surface area contributed by atoms with E-state index in [0.717, 1.165) is 11.4 Å². The predicted molar refractivity (Wildman–Crippen MR) is 77.4 cm³/mol. The van der Waals surface area contributed by atoms with Crippen molar-refractivity contribution in [3.05, 3.63) is 11.4 Å². The van der Waals surface area contributed by atoms with Crippen molar-refractivity contribution < 1.29 is 4.79 Å². The highest BCUT2D eigenvalue weighted by atomic mass is 16.1. The molecule has 0 aliphatic carbocycles. The number of rotatable bonds is 6. The van der Waals surface area contributed by atoms with Gasteiger partial charge in [0.25, 0.3) is 0 Å². The lowest BCUT2D eigenvalue weighted by molar-refractivity contribution is -0.119. The molecule has 1 aromatic rings. The Hall–Kier alpha value is -1.85. The molecule has 0 bridgehead atoms. The van der Waals surface area contributed by atoms with Gasteiger partial charge in [-0.1, -0.05) is 13.8 Å². The van der Waals surface area contributed by atoms with E-state index in [1.165, 1.54) is 0 Å². The van der Waals surface area contributed by atoms with Crippen LogP contribution in [0, 0.1) is 19.8 Å². The summed E-state index contributed by atoms with van der Waals surface area (Å²) in [5, 5.41) is 8.92. The van der Waals surface area contributed by atoms with Crippen molar-refractivity contribution in [1.82, 2.24) is 15.3 Å². The van der Waals surface area contributed by atoms with E-state index in [-0.39, 0.29) is 12.5 Å². The minimum Gasteiger partial charge on any atom is -0.373 e. The number of anilines is 2. The van der Waals surface area contributed by atoms with E-state index < -0.39 is 0 Å². The average Bonchev–Trinajstić information content (AvgIpc) is 2.36. The topological polar surface area (TPSA) is 78.9 Å². The number of hydrogen-bond acceptors (Lipinski definition) is 5. The van der Waals surface area contributed by atoms with Gasteiger partial charge in [0.2, 0.25) is 5.91 Å². The van der Waals surface area contributed by atoms with E-state index in [2.05, 4.69) is 39.8 Å². The molecule has 0 aliphatic rings. The summed E-state index contributed by atoms with van der Waals surface area (Å²) in [4.78, 5) is 20.2. The van der Waals surface area contributed by atoms with Crippen LogP contribution in [0.5, 0.6) is 0 Å². The summed E-state index contributed by atoms with van der Waals surface area (Å²) in [6.45, 7) is 8.76. The van der Waals surface area contributed by atoms with Gasteiger partial charge in [0.15, 0.2) is 0 Å². The molecule has 0 aromatic carbocycles. The molecule has 3 N–H and O–H groups in total. The number of amides is 1. The molecule has 0 atom stereocenters. The zero-order valence-electron chi connectivity index (χ0n) is 12.3. The molecule has 0 saturated carbocycles. The van der Waals surface area contributed by atoms with E-state index in [1.54, 1.807) is 0 Å². The first-order valence-corrected chi connectivity index (χ1v) is 6.47. The molecule has 0 spiro atoms. The van der Waals surface area contributed by atoms with Crippen LogP contribution in [-0.2, 0) is 4.79 Å². The van der Waals surface area contributed by atoms with Crippen LogP contribution in [-0.4, -0.2) is 36.0 Å². The second kappa shape index (κ2) is 6.92. The van der Waals surface area contributed by atoms with Crippen LogP contribution >= 0.6 is 0 Å². The minimum atomic E-state index is -0.0321. The zero-order valence-corrected chi connectivity index (χ0v) is 12.3. The van der Waals surface area contributed by atoms with Crippen molar-refractivity contribution in [1.29, 1.82) is 0 Å². The fourth-order valence-electron chi connectivity index (χ4n) is 1.59. The number of aromatic nitrogens is 2. The second-order valence-electron chi connectivity index (χ2n) is 4.89. The predicted octanol–water partition coefficient (Wildman–Crippen LogP) is 1.32. The highest BCUT2D eigenvalue weighted by molar-refractivity contribution is 5.80. The van der Waals surface area contributed by atoms with Gasteiger partial charge in [0.05, 0.1) is 6.54 Å². The smallest absolute Gasteiger partial charge is 0.239 e. The summed E-state index contributed by atoms with van der Waals surface area (Å²) in [5.74, 6) is 2.55. The van der Waals surface area contributed by atoms with E-state index in [0.29, 0.717) is 24.1 Å². The Morgan fingerprint density at radius 2 is 1.84 bits per heavy atom. The van der Waals surface area contributed by atoms with Gasteiger partial charge in [-0.15, -0.1) is 0 Å². The number of aryl methyl sites for hydroxylation is 1. The first kappa shape index (κ1) is 15.2. The summed E-state index contributed by atoms with van der Waals surface area (Å²) < 4.78 is 0. The van der Waals surface area contributed by atoms with Gasteiger partial charge >= 0.3 is 0 Å². The zero-order chi connectivity index (χ0) is 14.4. The van der Waals surface area contributed by atoms with Crippen molar-refractivity contribution in [2.24, 2.45) is 5.92 Å². The average molecular weight is 265 g/mol. The summed E-state index contributed by atoms with van der Waals surface area (Å²) in [6, 6.07) is 0. The largest absolute Gasteiger partial charge is 0.373 e. The molecule has 0 fully saturated rings. The lowest BCUT2D eigenvalue weighted by atomic mass is 10.2.